The molecule has 0 spiro atoms. The van der Waals surface area contributed by atoms with Crippen LogP contribution in [0.4, 0.5) is 9.18 Å². The van der Waals surface area contributed by atoms with E-state index in [1.165, 1.54) is 29.2 Å². The molecule has 1 aliphatic carbocycles. The summed E-state index contributed by atoms with van der Waals surface area (Å²) in [6, 6.07) is 2.08. The molecule has 1 aliphatic heterocycles. The molecule has 0 radical (unpaired) electrons. The van der Waals surface area contributed by atoms with Crippen LogP contribution in [0.5, 0.6) is 5.88 Å². The summed E-state index contributed by atoms with van der Waals surface area (Å²) in [5.41, 5.74) is 0.379. The maximum Gasteiger partial charge on any atom is 0.408 e. The zero-order valence-corrected chi connectivity index (χ0v) is 29.2. The highest BCUT2D eigenvalue weighted by Crippen LogP contribution is 2.35. The number of allylic oxidation sites excluding steroid dienone is 1. The Bertz CT molecular complexity index is 1490. The van der Waals surface area contributed by atoms with E-state index in [9.17, 15) is 18.8 Å². The van der Waals surface area contributed by atoms with E-state index in [2.05, 4.69) is 28.4 Å². The highest BCUT2D eigenvalue weighted by atomic mass is 19.1. The molecule has 2 heterocycles. The van der Waals surface area contributed by atoms with Gasteiger partial charge >= 0.3 is 12.1 Å². The van der Waals surface area contributed by atoms with Crippen LogP contribution < -0.4 is 10.1 Å². The number of benzene rings is 1. The van der Waals surface area contributed by atoms with Crippen LogP contribution in [0.2, 0.25) is 0 Å². The Morgan fingerprint density at radius 1 is 1.12 bits per heavy atom. The summed E-state index contributed by atoms with van der Waals surface area (Å²) < 4.78 is 31.9. The Labute approximate surface area is 283 Å². The zero-order valence-electron chi connectivity index (χ0n) is 29.2. The van der Waals surface area contributed by atoms with E-state index < -0.39 is 53.3 Å². The van der Waals surface area contributed by atoms with Crippen molar-refractivity contribution < 1.29 is 33.0 Å². The fourth-order valence-electron chi connectivity index (χ4n) is 6.51. The lowest BCUT2D eigenvalue weighted by atomic mass is 9.85. The van der Waals surface area contributed by atoms with Gasteiger partial charge in [0, 0.05) is 12.0 Å². The number of hydrogen-bond acceptors (Lipinski definition) is 8. The number of esters is 1. The molecule has 1 saturated carbocycles. The maximum absolute atomic E-state index is 14.4. The Kier molecular flexibility index (Phi) is 12.2. The van der Waals surface area contributed by atoms with Gasteiger partial charge in [0.25, 0.3) is 0 Å². The molecular weight excluding hydrogens is 615 g/mol. The Balaban J connectivity index is 1.58. The molecule has 2 amide bonds. The first-order valence-corrected chi connectivity index (χ1v) is 17.0. The first kappa shape index (κ1) is 36.8. The molecule has 48 heavy (non-hydrogen) atoms. The molecule has 1 aromatic heterocycles. The molecule has 1 aromatic carbocycles. The van der Waals surface area contributed by atoms with Gasteiger partial charge in [0.15, 0.2) is 0 Å². The third kappa shape index (κ3) is 8.90. The molecule has 10 nitrogen and oxygen atoms in total. The largest absolute Gasteiger partial charge is 0.471 e. The summed E-state index contributed by atoms with van der Waals surface area (Å²) in [5.74, 6) is -1.55. The molecule has 2 fully saturated rings. The second-order valence-electron chi connectivity index (χ2n) is 14.5. The number of hydrogen-bond donors (Lipinski definition) is 1. The molecule has 2 aromatic rings. The van der Waals surface area contributed by atoms with Crippen LogP contribution in [0.3, 0.4) is 0 Å². The highest BCUT2D eigenvalue weighted by molar-refractivity contribution is 5.91. The van der Waals surface area contributed by atoms with Crippen LogP contribution >= 0.6 is 0 Å². The number of unbranched alkanes of at least 4 members (excludes halogenated alkanes) is 1. The number of halogens is 1. The fourth-order valence-corrected chi connectivity index (χ4v) is 6.51. The van der Waals surface area contributed by atoms with Crippen molar-refractivity contribution in [2.75, 3.05) is 13.2 Å². The van der Waals surface area contributed by atoms with Crippen molar-refractivity contribution in [1.82, 2.24) is 20.2 Å². The summed E-state index contributed by atoms with van der Waals surface area (Å²) in [6.45, 7) is 19.0. The summed E-state index contributed by atoms with van der Waals surface area (Å²) in [7, 11) is 0. The summed E-state index contributed by atoms with van der Waals surface area (Å²) >= 11 is 0. The van der Waals surface area contributed by atoms with Gasteiger partial charge < -0.3 is 24.4 Å². The molecule has 0 bridgehead atoms. The summed E-state index contributed by atoms with van der Waals surface area (Å²) in [4.78, 5) is 51.8. The monoisotopic (exact) mass is 666 g/mol. The number of alkyl carbamates (subject to hydrolysis) is 1. The third-order valence-electron chi connectivity index (χ3n) is 9.16. The lowest BCUT2D eigenvalue weighted by molar-refractivity contribution is -0.156. The van der Waals surface area contributed by atoms with Crippen molar-refractivity contribution in [2.45, 2.75) is 104 Å². The van der Waals surface area contributed by atoms with E-state index >= 15 is 0 Å². The number of nitrogens with zero attached hydrogens (tertiary/aromatic N) is 3. The Morgan fingerprint density at radius 2 is 1.88 bits per heavy atom. The van der Waals surface area contributed by atoms with Gasteiger partial charge in [-0.05, 0) is 74.0 Å². The minimum absolute atomic E-state index is 0.0121. The van der Waals surface area contributed by atoms with E-state index in [0.717, 1.165) is 38.5 Å². The standard InChI is InChI=1S/C37H51FN4O6/c1-9-11-12-14-24-15-13-16-29(24)48-36(45)41-32(37(6,7)8)34(43)42-20-30(23(5)31(42)35(44)46-21-22(3)4)47-33-26(10-2)39-27-18-17-25(38)19-28(27)40-33/h9-10,17-19,22-24,29-32H,1-2,11-16,20-21H2,3-8H3,(H,41,45)/t23-,24-,29-,30+,31+,32-/m1/s1. The van der Waals surface area contributed by atoms with Gasteiger partial charge in [-0.2, -0.15) is 0 Å². The van der Waals surface area contributed by atoms with E-state index in [-0.39, 0.29) is 37.0 Å². The van der Waals surface area contributed by atoms with Crippen LogP contribution in [-0.4, -0.2) is 70.3 Å². The molecule has 1 N–H and O–H groups in total. The predicted molar refractivity (Wildman–Crippen MR) is 183 cm³/mol. The number of carbonyl (C=O) groups is 3. The Morgan fingerprint density at radius 3 is 2.54 bits per heavy atom. The summed E-state index contributed by atoms with van der Waals surface area (Å²) in [5, 5.41) is 2.85. The van der Waals surface area contributed by atoms with E-state index in [4.69, 9.17) is 14.2 Å². The van der Waals surface area contributed by atoms with Crippen LogP contribution in [-0.2, 0) is 19.1 Å². The quantitative estimate of drug-likeness (QED) is 0.140. The van der Waals surface area contributed by atoms with Gasteiger partial charge in [0.2, 0.25) is 11.8 Å². The topological polar surface area (TPSA) is 120 Å². The number of amides is 2. The third-order valence-corrected chi connectivity index (χ3v) is 9.16. The minimum Gasteiger partial charge on any atom is -0.471 e. The Hall–Kier alpha value is -4.02. The maximum atomic E-state index is 14.4. The summed E-state index contributed by atoms with van der Waals surface area (Å²) in [6.07, 6.45) is 7.41. The number of fused-ring (bicyclic) bond motifs is 1. The van der Waals surface area contributed by atoms with Gasteiger partial charge in [0.05, 0.1) is 24.2 Å². The molecular formula is C37H51FN4O6. The fraction of sp³-hybridized carbons (Fsp3) is 0.595. The van der Waals surface area contributed by atoms with Gasteiger partial charge in [-0.1, -0.05) is 54.2 Å². The molecule has 262 valence electrons. The second-order valence-corrected chi connectivity index (χ2v) is 14.5. The normalized spacial score (nSPS) is 23.2. The molecule has 6 atom stereocenters. The van der Waals surface area contributed by atoms with Crippen molar-refractivity contribution in [2.24, 2.45) is 23.2 Å². The van der Waals surface area contributed by atoms with E-state index in [1.807, 2.05) is 40.7 Å². The zero-order chi connectivity index (χ0) is 35.2. The number of ether oxygens (including phenoxy) is 3. The van der Waals surface area contributed by atoms with Crippen LogP contribution in [0.25, 0.3) is 17.1 Å². The van der Waals surface area contributed by atoms with Crippen molar-refractivity contribution in [1.29, 1.82) is 0 Å². The lowest BCUT2D eigenvalue weighted by Crippen LogP contribution is -2.57. The first-order valence-electron chi connectivity index (χ1n) is 17.0. The smallest absolute Gasteiger partial charge is 0.408 e. The lowest BCUT2D eigenvalue weighted by Gasteiger charge is -2.35. The van der Waals surface area contributed by atoms with Crippen LogP contribution in [0.15, 0.2) is 37.4 Å². The number of rotatable bonds is 13. The van der Waals surface area contributed by atoms with Crippen molar-refractivity contribution in [3.05, 3.63) is 48.9 Å². The molecule has 0 unspecified atom stereocenters. The van der Waals surface area contributed by atoms with Crippen LogP contribution in [0, 0.1) is 29.0 Å². The van der Waals surface area contributed by atoms with Gasteiger partial charge in [-0.25, -0.2) is 23.9 Å². The van der Waals surface area contributed by atoms with Crippen molar-refractivity contribution in [3.8, 4) is 5.88 Å². The molecule has 1 saturated heterocycles. The molecule has 11 heteroatoms. The average molecular weight is 667 g/mol. The minimum atomic E-state index is -1.01. The van der Waals surface area contributed by atoms with Crippen LogP contribution in [0.1, 0.15) is 85.8 Å². The van der Waals surface area contributed by atoms with Crippen molar-refractivity contribution in [3.63, 3.8) is 0 Å². The number of likely N-dealkylation sites (tertiary alicyclic amines) is 1. The molecule has 2 aliphatic rings. The highest BCUT2D eigenvalue weighted by Gasteiger charge is 2.51. The van der Waals surface area contributed by atoms with E-state index in [1.54, 1.807) is 6.92 Å². The average Bonchev–Trinajstić information content (AvgIpc) is 3.60. The number of nitrogens with one attached hydrogen (secondary N) is 1. The van der Waals surface area contributed by atoms with Gasteiger partial charge in [0.1, 0.15) is 35.8 Å². The van der Waals surface area contributed by atoms with E-state index in [0.29, 0.717) is 16.7 Å². The number of aromatic nitrogens is 2. The van der Waals surface area contributed by atoms with Gasteiger partial charge in [-0.15, -0.1) is 6.58 Å². The molecule has 4 rings (SSSR count). The first-order chi connectivity index (χ1) is 22.7. The van der Waals surface area contributed by atoms with Gasteiger partial charge in [-0.3, -0.25) is 4.79 Å². The predicted octanol–water partition coefficient (Wildman–Crippen LogP) is 6.87. The number of carbonyl (C=O) groups excluding carboxylic acids is 3. The second kappa shape index (κ2) is 15.9. The van der Waals surface area contributed by atoms with Crippen molar-refractivity contribution >= 4 is 35.1 Å². The SMILES string of the molecule is C=CCCC[C@@H]1CCC[C@H]1OC(=O)N[C@H](C(=O)N1C[C@H](Oc2nc3cc(F)ccc3nc2C=C)[C@@H](C)[C@H]1C(=O)OCC(C)C)C(C)(C)C.